The number of amides is 1. The molecule has 10 nitrogen and oxygen atoms in total. The van der Waals surface area contributed by atoms with Crippen molar-refractivity contribution in [3.05, 3.63) is 59.7 Å². The third kappa shape index (κ3) is 17.9. The van der Waals surface area contributed by atoms with Crippen molar-refractivity contribution in [2.75, 3.05) is 6.61 Å². The minimum absolute atomic E-state index is 0.0679. The SMILES string of the molecule is CCCCCCCCCCCCCC[C@@H](OS(=O)(=O)c1ccc(C)cc1)[C@H](OS(=O)(=O)c1ccc(C)cc1)[C@H](CO[Si](C(C)C)(C(C)C)C(C)C)NC(=O)OC(C)(C)C. The van der Waals surface area contributed by atoms with Crippen LogP contribution in [0.1, 0.15) is 164 Å². The van der Waals surface area contributed by atoms with Crippen LogP contribution >= 0.6 is 0 Å². The second-order valence-electron chi connectivity index (χ2n) is 18.3. The number of rotatable bonds is 28. The molecule has 0 aliphatic carbocycles. The van der Waals surface area contributed by atoms with E-state index in [9.17, 15) is 21.6 Å². The van der Waals surface area contributed by atoms with Gasteiger partial charge in [0.25, 0.3) is 20.2 Å². The number of aryl methyl sites for hydroxylation is 2. The van der Waals surface area contributed by atoms with Crippen LogP contribution in [0.4, 0.5) is 4.79 Å². The average molecular weight is 882 g/mol. The van der Waals surface area contributed by atoms with Crippen molar-refractivity contribution in [2.45, 2.75) is 217 Å². The Morgan fingerprint density at radius 2 is 1.02 bits per heavy atom. The Morgan fingerprint density at radius 3 is 1.41 bits per heavy atom. The first-order valence-electron chi connectivity index (χ1n) is 22.2. The third-order valence-corrected chi connectivity index (χ3v) is 19.9. The predicted octanol–water partition coefficient (Wildman–Crippen LogP) is 12.3. The van der Waals surface area contributed by atoms with Crippen molar-refractivity contribution < 1.29 is 39.2 Å². The molecule has 2 aromatic rings. The van der Waals surface area contributed by atoms with Gasteiger partial charge in [0.05, 0.1) is 22.4 Å². The summed E-state index contributed by atoms with van der Waals surface area (Å²) in [6.45, 7) is 23.8. The van der Waals surface area contributed by atoms with Crippen LogP contribution in [-0.2, 0) is 37.8 Å². The van der Waals surface area contributed by atoms with Gasteiger partial charge in [-0.1, -0.05) is 161 Å². The summed E-state index contributed by atoms with van der Waals surface area (Å²) in [5.74, 6) is 0. The molecule has 338 valence electrons. The van der Waals surface area contributed by atoms with Gasteiger partial charge in [0, 0.05) is 0 Å². The Balaban J connectivity index is 2.65. The maximum atomic E-state index is 14.2. The van der Waals surface area contributed by atoms with Crippen molar-refractivity contribution >= 4 is 34.6 Å². The standard InChI is InChI=1S/C46H79NO9S2Si/c1-13-14-15-16-17-18-19-20-21-22-23-24-25-43(55-57(49,50)40-30-26-38(8)27-31-40)44(56-58(51,52)41-32-28-39(9)29-33-41)42(47-45(48)54-46(10,11)12)34-53-59(35(2)3,36(4)5)37(6)7/h26-33,35-37,42-44H,13-25,34H2,1-12H3,(H,47,48)/t42-,43+,44+/m0/s1. The molecule has 1 amide bonds. The number of carbonyl (C=O) groups is 1. The second kappa shape index (κ2) is 25.0. The molecule has 0 saturated carbocycles. The molecular weight excluding hydrogens is 803 g/mol. The monoisotopic (exact) mass is 881 g/mol. The Kier molecular flexibility index (Phi) is 22.4. The van der Waals surface area contributed by atoms with Crippen LogP contribution in [0, 0.1) is 13.8 Å². The smallest absolute Gasteiger partial charge is 0.408 e. The van der Waals surface area contributed by atoms with Gasteiger partial charge in [-0.2, -0.15) is 16.8 Å². The van der Waals surface area contributed by atoms with E-state index in [1.54, 1.807) is 45.0 Å². The zero-order valence-electron chi connectivity index (χ0n) is 38.5. The van der Waals surface area contributed by atoms with Crippen molar-refractivity contribution in [1.29, 1.82) is 0 Å². The molecule has 0 aromatic heterocycles. The number of benzene rings is 2. The zero-order valence-corrected chi connectivity index (χ0v) is 41.1. The van der Waals surface area contributed by atoms with Gasteiger partial charge in [-0.3, -0.25) is 8.37 Å². The lowest BCUT2D eigenvalue weighted by Gasteiger charge is -2.44. The first-order valence-corrected chi connectivity index (χ1v) is 27.1. The lowest BCUT2D eigenvalue weighted by molar-refractivity contribution is 0.00590. The van der Waals surface area contributed by atoms with Crippen molar-refractivity contribution in [3.8, 4) is 0 Å². The molecule has 0 bridgehead atoms. The van der Waals surface area contributed by atoms with Crippen LogP contribution in [0.25, 0.3) is 0 Å². The molecule has 0 fully saturated rings. The fourth-order valence-electron chi connectivity index (χ4n) is 8.08. The molecule has 13 heteroatoms. The molecule has 0 heterocycles. The van der Waals surface area contributed by atoms with Gasteiger partial charge >= 0.3 is 6.09 Å². The summed E-state index contributed by atoms with van der Waals surface area (Å²) in [5.41, 5.74) is 1.33. The molecule has 2 aromatic carbocycles. The second-order valence-corrected chi connectivity index (χ2v) is 26.9. The highest BCUT2D eigenvalue weighted by molar-refractivity contribution is 7.87. The minimum Gasteiger partial charge on any atom is -0.444 e. The van der Waals surface area contributed by atoms with E-state index in [2.05, 4.69) is 53.8 Å². The van der Waals surface area contributed by atoms with Crippen molar-refractivity contribution in [2.24, 2.45) is 0 Å². The minimum atomic E-state index is -4.53. The zero-order chi connectivity index (χ0) is 44.4. The van der Waals surface area contributed by atoms with Gasteiger partial charge in [0.15, 0.2) is 8.32 Å². The quantitative estimate of drug-likeness (QED) is 0.0503. The Hall–Kier alpha value is -2.29. The van der Waals surface area contributed by atoms with E-state index in [-0.39, 0.29) is 39.4 Å². The maximum absolute atomic E-state index is 14.2. The van der Waals surface area contributed by atoms with Crippen LogP contribution in [0.5, 0.6) is 0 Å². The Labute approximate surface area is 360 Å². The van der Waals surface area contributed by atoms with Gasteiger partial charge < -0.3 is 14.5 Å². The van der Waals surface area contributed by atoms with Crippen molar-refractivity contribution in [3.63, 3.8) is 0 Å². The van der Waals surface area contributed by atoms with E-state index in [1.165, 1.54) is 69.2 Å². The summed E-state index contributed by atoms with van der Waals surface area (Å²) in [6.07, 6.45) is 9.70. The first-order chi connectivity index (χ1) is 27.6. The highest BCUT2D eigenvalue weighted by Crippen LogP contribution is 2.42. The normalized spacial score (nSPS) is 14.5. The first kappa shape index (κ1) is 52.8. The van der Waals surface area contributed by atoms with Crippen LogP contribution in [0.15, 0.2) is 58.3 Å². The number of carbonyl (C=O) groups excluding carboxylic acids is 1. The molecule has 2 rings (SSSR count). The maximum Gasteiger partial charge on any atom is 0.408 e. The third-order valence-electron chi connectivity index (χ3n) is 11.1. The number of hydrogen-bond donors (Lipinski definition) is 1. The molecule has 0 unspecified atom stereocenters. The molecule has 0 aliphatic heterocycles. The van der Waals surface area contributed by atoms with Crippen LogP contribution in [-0.4, -0.2) is 61.7 Å². The highest BCUT2D eigenvalue weighted by Gasteiger charge is 2.47. The summed E-state index contributed by atoms with van der Waals surface area (Å²) in [4.78, 5) is 13.5. The highest BCUT2D eigenvalue weighted by atomic mass is 32.2. The van der Waals surface area contributed by atoms with E-state index in [0.717, 1.165) is 36.8 Å². The number of nitrogens with one attached hydrogen (secondary N) is 1. The summed E-state index contributed by atoms with van der Waals surface area (Å²) in [7, 11) is -11.6. The van der Waals surface area contributed by atoms with E-state index < -0.39 is 58.5 Å². The summed E-state index contributed by atoms with van der Waals surface area (Å²) in [5, 5.41) is 2.88. The van der Waals surface area contributed by atoms with Gasteiger partial charge in [-0.25, -0.2) is 4.79 Å². The lowest BCUT2D eigenvalue weighted by atomic mass is 9.99. The molecule has 1 N–H and O–H groups in total. The van der Waals surface area contributed by atoms with E-state index in [0.29, 0.717) is 6.42 Å². The molecule has 0 aliphatic rings. The molecule has 0 saturated heterocycles. The van der Waals surface area contributed by atoms with Crippen LogP contribution in [0.3, 0.4) is 0 Å². The molecular formula is C46H79NO9S2Si. The number of unbranched alkanes of at least 4 members (excludes halogenated alkanes) is 11. The topological polar surface area (TPSA) is 134 Å². The van der Waals surface area contributed by atoms with Gasteiger partial charge in [0.2, 0.25) is 0 Å². The lowest BCUT2D eigenvalue weighted by Crippen LogP contribution is -2.57. The van der Waals surface area contributed by atoms with E-state index in [4.69, 9.17) is 17.5 Å². The summed E-state index contributed by atoms with van der Waals surface area (Å²) >= 11 is 0. The molecule has 59 heavy (non-hydrogen) atoms. The van der Waals surface area contributed by atoms with Gasteiger partial charge in [0.1, 0.15) is 17.8 Å². The van der Waals surface area contributed by atoms with Crippen LogP contribution < -0.4 is 5.32 Å². The van der Waals surface area contributed by atoms with Crippen LogP contribution in [0.2, 0.25) is 16.6 Å². The van der Waals surface area contributed by atoms with E-state index in [1.807, 2.05) is 13.8 Å². The van der Waals surface area contributed by atoms with E-state index >= 15 is 0 Å². The summed E-state index contributed by atoms with van der Waals surface area (Å²) < 4.78 is 81.7. The van der Waals surface area contributed by atoms with Gasteiger partial charge in [-0.15, -0.1) is 0 Å². The molecule has 3 atom stereocenters. The summed E-state index contributed by atoms with van der Waals surface area (Å²) in [6, 6.07) is 11.3. The van der Waals surface area contributed by atoms with Gasteiger partial charge in [-0.05, 0) is 81.9 Å². The van der Waals surface area contributed by atoms with Crippen molar-refractivity contribution in [1.82, 2.24) is 5.32 Å². The average Bonchev–Trinajstić information content (AvgIpc) is 3.12. The Morgan fingerprint density at radius 1 is 0.627 bits per heavy atom. The largest absolute Gasteiger partial charge is 0.444 e. The number of hydrogen-bond acceptors (Lipinski definition) is 9. The number of ether oxygens (including phenoxy) is 1. The fraction of sp³-hybridized carbons (Fsp3) is 0.717. The number of alkyl carbamates (subject to hydrolysis) is 1. The predicted molar refractivity (Wildman–Crippen MR) is 242 cm³/mol. The molecule has 0 spiro atoms. The Bertz CT molecular complexity index is 1700. The fourth-order valence-corrected chi connectivity index (χ4v) is 15.8. The molecule has 0 radical (unpaired) electrons.